The average molecular weight is 258 g/mol. The molecular formula is C13H10N2O4. The molecule has 2 rings (SSSR count). The molecule has 19 heavy (non-hydrogen) atoms. The summed E-state index contributed by atoms with van der Waals surface area (Å²) in [6.07, 6.45) is 3.96. The van der Waals surface area contributed by atoms with Crippen molar-refractivity contribution in [2.45, 2.75) is 0 Å². The van der Waals surface area contributed by atoms with E-state index in [0.29, 0.717) is 5.69 Å². The Morgan fingerprint density at radius 1 is 1.21 bits per heavy atom. The Labute approximate surface area is 108 Å². The number of rotatable bonds is 3. The number of hydrogen-bond acceptors (Lipinski definition) is 3. The van der Waals surface area contributed by atoms with Crippen LogP contribution in [0.2, 0.25) is 0 Å². The lowest BCUT2D eigenvalue weighted by atomic mass is 10.1. The van der Waals surface area contributed by atoms with Crippen LogP contribution in [0, 0.1) is 5.92 Å². The van der Waals surface area contributed by atoms with Crippen LogP contribution in [0.15, 0.2) is 41.4 Å². The van der Waals surface area contributed by atoms with Crippen molar-refractivity contribution >= 4 is 29.7 Å². The number of aromatic carboxylic acids is 1. The molecule has 0 aliphatic carbocycles. The molecule has 1 unspecified atom stereocenters. The molecule has 0 saturated heterocycles. The molecule has 0 fully saturated rings. The SMILES string of the molecule is O=C1C=CC(C(=O)Nc2ccc(C(=O)O)cc2)C=N1. The van der Waals surface area contributed by atoms with E-state index in [-0.39, 0.29) is 11.5 Å². The van der Waals surface area contributed by atoms with Crippen molar-refractivity contribution in [2.75, 3.05) is 5.32 Å². The number of amides is 2. The number of dihydropyridines is 1. The minimum Gasteiger partial charge on any atom is -0.478 e. The maximum absolute atomic E-state index is 11.8. The van der Waals surface area contributed by atoms with Gasteiger partial charge in [-0.2, -0.15) is 0 Å². The van der Waals surface area contributed by atoms with Gasteiger partial charge in [0.05, 0.1) is 11.5 Å². The number of nitrogens with zero attached hydrogens (tertiary/aromatic N) is 1. The molecule has 1 aliphatic heterocycles. The van der Waals surface area contributed by atoms with E-state index in [9.17, 15) is 14.4 Å². The van der Waals surface area contributed by atoms with Crippen LogP contribution >= 0.6 is 0 Å². The molecule has 0 aromatic heterocycles. The number of carboxylic acids is 1. The first-order valence-corrected chi connectivity index (χ1v) is 5.47. The molecule has 2 amide bonds. The van der Waals surface area contributed by atoms with Crippen molar-refractivity contribution in [3.63, 3.8) is 0 Å². The van der Waals surface area contributed by atoms with E-state index in [1.807, 2.05) is 0 Å². The van der Waals surface area contributed by atoms with Gasteiger partial charge in [-0.1, -0.05) is 6.08 Å². The fourth-order valence-corrected chi connectivity index (χ4v) is 1.51. The molecule has 0 radical (unpaired) electrons. The van der Waals surface area contributed by atoms with E-state index in [1.54, 1.807) is 0 Å². The lowest BCUT2D eigenvalue weighted by Crippen LogP contribution is -2.24. The first kappa shape index (κ1) is 12.7. The third kappa shape index (κ3) is 3.12. The smallest absolute Gasteiger partial charge is 0.335 e. The highest BCUT2D eigenvalue weighted by Crippen LogP contribution is 2.12. The molecule has 1 aromatic rings. The Morgan fingerprint density at radius 3 is 2.42 bits per heavy atom. The van der Waals surface area contributed by atoms with Gasteiger partial charge in [0, 0.05) is 18.0 Å². The van der Waals surface area contributed by atoms with Gasteiger partial charge in [-0.15, -0.1) is 0 Å². The zero-order valence-electron chi connectivity index (χ0n) is 9.74. The van der Waals surface area contributed by atoms with E-state index in [0.717, 1.165) is 0 Å². The summed E-state index contributed by atoms with van der Waals surface area (Å²) in [4.78, 5) is 36.8. The Bertz CT molecular complexity index is 571. The molecule has 2 N–H and O–H groups in total. The van der Waals surface area contributed by atoms with Crippen LogP contribution in [0.1, 0.15) is 10.4 Å². The van der Waals surface area contributed by atoms with Crippen molar-refractivity contribution in [3.8, 4) is 0 Å². The zero-order valence-corrected chi connectivity index (χ0v) is 9.74. The Morgan fingerprint density at radius 2 is 1.89 bits per heavy atom. The van der Waals surface area contributed by atoms with Gasteiger partial charge in [-0.3, -0.25) is 9.59 Å². The van der Waals surface area contributed by atoms with E-state index in [2.05, 4.69) is 10.3 Å². The number of carbonyl (C=O) groups excluding carboxylic acids is 2. The van der Waals surface area contributed by atoms with Crippen LogP contribution in [0.4, 0.5) is 5.69 Å². The summed E-state index contributed by atoms with van der Waals surface area (Å²) < 4.78 is 0. The van der Waals surface area contributed by atoms with Crippen LogP contribution in [0.3, 0.4) is 0 Å². The second-order valence-electron chi connectivity index (χ2n) is 3.87. The molecule has 6 heteroatoms. The largest absolute Gasteiger partial charge is 0.478 e. The summed E-state index contributed by atoms with van der Waals surface area (Å²) in [6, 6.07) is 5.78. The molecule has 1 atom stereocenters. The van der Waals surface area contributed by atoms with Crippen LogP contribution < -0.4 is 5.32 Å². The van der Waals surface area contributed by atoms with Gasteiger partial charge < -0.3 is 10.4 Å². The standard InChI is InChI=1S/C13H10N2O4/c16-11-6-3-9(7-14-11)12(17)15-10-4-1-8(2-5-10)13(18)19/h1-7,9H,(H,15,17)(H,18,19). The Hall–Kier alpha value is -2.76. The van der Waals surface area contributed by atoms with E-state index >= 15 is 0 Å². The fourth-order valence-electron chi connectivity index (χ4n) is 1.51. The van der Waals surface area contributed by atoms with Crippen LogP contribution in [-0.4, -0.2) is 29.1 Å². The van der Waals surface area contributed by atoms with Gasteiger partial charge in [0.15, 0.2) is 0 Å². The second-order valence-corrected chi connectivity index (χ2v) is 3.87. The summed E-state index contributed by atoms with van der Waals surface area (Å²) in [5.74, 6) is -2.36. The van der Waals surface area contributed by atoms with Crippen LogP contribution in [-0.2, 0) is 9.59 Å². The maximum atomic E-state index is 11.8. The van der Waals surface area contributed by atoms with Crippen molar-refractivity contribution in [3.05, 3.63) is 42.0 Å². The highest BCUT2D eigenvalue weighted by molar-refractivity contribution is 6.09. The number of aliphatic imine (C=N–C) groups is 1. The first-order chi connectivity index (χ1) is 9.06. The molecule has 96 valence electrons. The van der Waals surface area contributed by atoms with E-state index in [1.165, 1.54) is 42.6 Å². The summed E-state index contributed by atoms with van der Waals surface area (Å²) in [6.45, 7) is 0. The first-order valence-electron chi connectivity index (χ1n) is 5.47. The van der Waals surface area contributed by atoms with Gasteiger partial charge in [-0.05, 0) is 24.3 Å². The highest BCUT2D eigenvalue weighted by Gasteiger charge is 2.16. The lowest BCUT2D eigenvalue weighted by Gasteiger charge is -2.10. The molecule has 1 aromatic carbocycles. The maximum Gasteiger partial charge on any atom is 0.335 e. The summed E-state index contributed by atoms with van der Waals surface area (Å²) >= 11 is 0. The monoisotopic (exact) mass is 258 g/mol. The second kappa shape index (κ2) is 5.26. The number of benzene rings is 1. The van der Waals surface area contributed by atoms with Gasteiger partial charge >= 0.3 is 5.97 Å². The Balaban J connectivity index is 2.03. The number of anilines is 1. The Kier molecular flexibility index (Phi) is 3.51. The van der Waals surface area contributed by atoms with E-state index in [4.69, 9.17) is 5.11 Å². The minimum atomic E-state index is -1.03. The lowest BCUT2D eigenvalue weighted by molar-refractivity contribution is -0.117. The van der Waals surface area contributed by atoms with Crippen molar-refractivity contribution in [1.29, 1.82) is 0 Å². The average Bonchev–Trinajstić information content (AvgIpc) is 2.40. The van der Waals surface area contributed by atoms with Gasteiger partial charge in [0.2, 0.25) is 5.91 Å². The molecule has 6 nitrogen and oxygen atoms in total. The summed E-state index contributed by atoms with van der Waals surface area (Å²) in [5, 5.41) is 11.3. The quantitative estimate of drug-likeness (QED) is 0.848. The number of nitrogens with one attached hydrogen (secondary N) is 1. The third-order valence-corrected chi connectivity index (χ3v) is 2.51. The summed E-state index contributed by atoms with van der Waals surface area (Å²) in [7, 11) is 0. The summed E-state index contributed by atoms with van der Waals surface area (Å²) in [5.41, 5.74) is 0.622. The van der Waals surface area contributed by atoms with Crippen molar-refractivity contribution in [2.24, 2.45) is 10.9 Å². The molecule has 1 aliphatic rings. The molecular weight excluding hydrogens is 248 g/mol. The van der Waals surface area contributed by atoms with Crippen molar-refractivity contribution < 1.29 is 19.5 Å². The predicted molar refractivity (Wildman–Crippen MR) is 68.2 cm³/mol. The fraction of sp³-hybridized carbons (Fsp3) is 0.0769. The van der Waals surface area contributed by atoms with Crippen LogP contribution in [0.25, 0.3) is 0 Å². The minimum absolute atomic E-state index is 0.141. The van der Waals surface area contributed by atoms with Crippen LogP contribution in [0.5, 0.6) is 0 Å². The van der Waals surface area contributed by atoms with Gasteiger partial charge in [0.1, 0.15) is 0 Å². The number of hydrogen-bond donors (Lipinski definition) is 2. The normalized spacial score (nSPS) is 17.3. The van der Waals surface area contributed by atoms with Gasteiger partial charge in [0.25, 0.3) is 5.91 Å². The number of carbonyl (C=O) groups is 3. The predicted octanol–water partition coefficient (Wildman–Crippen LogP) is 1.11. The molecule has 1 heterocycles. The topological polar surface area (TPSA) is 95.8 Å². The zero-order chi connectivity index (χ0) is 13.8. The van der Waals surface area contributed by atoms with Gasteiger partial charge in [-0.25, -0.2) is 9.79 Å². The molecule has 0 saturated carbocycles. The highest BCUT2D eigenvalue weighted by atomic mass is 16.4. The number of carboxylic acid groups (broad SMARTS) is 1. The molecule has 0 bridgehead atoms. The van der Waals surface area contributed by atoms with Crippen molar-refractivity contribution in [1.82, 2.24) is 0 Å². The third-order valence-electron chi connectivity index (χ3n) is 2.51. The molecule has 0 spiro atoms. The van der Waals surface area contributed by atoms with E-state index < -0.39 is 17.8 Å².